The summed E-state index contributed by atoms with van der Waals surface area (Å²) in [5.74, 6) is -1.01. The fourth-order valence-corrected chi connectivity index (χ4v) is 1.86. The minimum absolute atomic E-state index is 0.0244. The van der Waals surface area contributed by atoms with Crippen LogP contribution < -0.4 is 0 Å². The van der Waals surface area contributed by atoms with E-state index in [1.807, 2.05) is 0 Å². The van der Waals surface area contributed by atoms with Crippen molar-refractivity contribution in [3.8, 4) is 0 Å². The number of phosphoric acid groups is 1. The minimum atomic E-state index is -4.35. The summed E-state index contributed by atoms with van der Waals surface area (Å²) in [6, 6.07) is 0. The van der Waals surface area contributed by atoms with E-state index in [0.717, 1.165) is 13.8 Å². The van der Waals surface area contributed by atoms with Gasteiger partial charge in [0.05, 0.1) is 0 Å². The molecule has 16 heavy (non-hydrogen) atoms. The molecule has 0 aromatic heterocycles. The summed E-state index contributed by atoms with van der Waals surface area (Å²) in [6.45, 7) is 6.89. The third kappa shape index (κ3) is 5.99. The molecule has 0 aliphatic rings. The zero-order valence-electron chi connectivity index (χ0n) is 9.24. The van der Waals surface area contributed by atoms with E-state index in [1.54, 1.807) is 0 Å². The molecule has 7 nitrogen and oxygen atoms in total. The highest BCUT2D eigenvalue weighted by molar-refractivity contribution is 7.49. The molecule has 0 spiro atoms. The van der Waals surface area contributed by atoms with Crippen molar-refractivity contribution in [1.82, 2.24) is 0 Å². The van der Waals surface area contributed by atoms with Gasteiger partial charge in [-0.3, -0.25) is 0 Å². The lowest BCUT2D eigenvalue weighted by atomic mass is 10.4. The molecule has 0 radical (unpaired) electrons. The van der Waals surface area contributed by atoms with Crippen molar-refractivity contribution in [2.45, 2.75) is 33.4 Å². The van der Waals surface area contributed by atoms with Crippen molar-refractivity contribution in [2.24, 2.45) is 0 Å². The third-order valence-electron chi connectivity index (χ3n) is 1.11. The van der Waals surface area contributed by atoms with E-state index in [2.05, 4.69) is 20.2 Å². The van der Waals surface area contributed by atoms with Gasteiger partial charge in [-0.25, -0.2) is 18.4 Å². The fraction of sp³-hybridized carbons (Fsp3) is 0.625. The van der Waals surface area contributed by atoms with E-state index in [4.69, 9.17) is 10.2 Å². The van der Waals surface area contributed by atoms with E-state index in [1.165, 1.54) is 6.92 Å². The molecule has 0 fully saturated rings. The maximum absolute atomic E-state index is 11.7. The number of aliphatic hydroxyl groups excluding tert-OH is 2. The van der Waals surface area contributed by atoms with Gasteiger partial charge in [-0.15, -0.1) is 0 Å². The highest BCUT2D eigenvalue weighted by Crippen LogP contribution is 2.51. The van der Waals surface area contributed by atoms with Crippen LogP contribution in [0.5, 0.6) is 0 Å². The Kier molecular flexibility index (Phi) is 5.85. The van der Waals surface area contributed by atoms with E-state index in [9.17, 15) is 9.36 Å². The molecule has 0 aliphatic heterocycles. The maximum atomic E-state index is 11.7. The van der Waals surface area contributed by atoms with Gasteiger partial charge in [0.2, 0.25) is 0 Å². The molecule has 0 aromatic carbocycles. The Balaban J connectivity index is 4.73. The van der Waals surface area contributed by atoms with Crippen LogP contribution in [0.15, 0.2) is 12.2 Å². The first-order valence-corrected chi connectivity index (χ1v) is 5.85. The van der Waals surface area contributed by atoms with Crippen LogP contribution in [0.3, 0.4) is 0 Å². The van der Waals surface area contributed by atoms with Crippen LogP contribution >= 0.6 is 7.82 Å². The summed E-state index contributed by atoms with van der Waals surface area (Å²) in [4.78, 5) is 11.1. The Morgan fingerprint density at radius 2 is 1.62 bits per heavy atom. The first-order valence-electron chi connectivity index (χ1n) is 4.38. The molecule has 0 aromatic rings. The molecule has 0 aliphatic carbocycles. The minimum Gasteiger partial charge on any atom is -0.368 e. The summed E-state index contributed by atoms with van der Waals surface area (Å²) < 4.78 is 24.9. The second-order valence-corrected chi connectivity index (χ2v) is 4.51. The third-order valence-corrected chi connectivity index (χ3v) is 2.62. The monoisotopic (exact) mass is 254 g/mol. The predicted octanol–water partition coefficient (Wildman–Crippen LogP) is 0.924. The van der Waals surface area contributed by atoms with E-state index < -0.39 is 26.4 Å². The van der Waals surface area contributed by atoms with Crippen molar-refractivity contribution in [2.75, 3.05) is 0 Å². The van der Waals surface area contributed by atoms with Gasteiger partial charge in [0.15, 0.2) is 12.6 Å². The van der Waals surface area contributed by atoms with E-state index in [-0.39, 0.29) is 5.57 Å². The van der Waals surface area contributed by atoms with Gasteiger partial charge < -0.3 is 14.7 Å². The van der Waals surface area contributed by atoms with E-state index >= 15 is 0 Å². The molecule has 2 unspecified atom stereocenters. The number of hydrogen-bond donors (Lipinski definition) is 2. The SMILES string of the molecule is C=C(C)C(=O)OP(=O)(OC(C)O)OC(C)O. The summed E-state index contributed by atoms with van der Waals surface area (Å²) in [6.07, 6.45) is -2.97. The molecule has 0 heterocycles. The van der Waals surface area contributed by atoms with Crippen LogP contribution in [-0.4, -0.2) is 28.8 Å². The smallest absolute Gasteiger partial charge is 0.368 e. The molecule has 94 valence electrons. The van der Waals surface area contributed by atoms with Crippen LogP contribution in [0.1, 0.15) is 20.8 Å². The van der Waals surface area contributed by atoms with Gasteiger partial charge in [-0.2, -0.15) is 0 Å². The highest BCUT2D eigenvalue weighted by atomic mass is 31.2. The average Bonchev–Trinajstić information content (AvgIpc) is 1.98. The van der Waals surface area contributed by atoms with Crippen LogP contribution in [-0.2, 0) is 22.9 Å². The fourth-order valence-electron chi connectivity index (χ4n) is 0.621. The molecule has 0 bridgehead atoms. The molecule has 0 amide bonds. The Bertz CT molecular complexity index is 296. The summed E-state index contributed by atoms with van der Waals surface area (Å²) in [5.41, 5.74) is -0.0244. The highest BCUT2D eigenvalue weighted by Gasteiger charge is 2.35. The van der Waals surface area contributed by atoms with Gasteiger partial charge in [-0.1, -0.05) is 6.58 Å². The number of hydrogen-bond acceptors (Lipinski definition) is 7. The van der Waals surface area contributed by atoms with Crippen molar-refractivity contribution >= 4 is 13.8 Å². The zero-order valence-corrected chi connectivity index (χ0v) is 10.1. The lowest BCUT2D eigenvalue weighted by molar-refractivity contribution is -0.136. The second-order valence-electron chi connectivity index (χ2n) is 3.02. The molecular weight excluding hydrogens is 239 g/mol. The number of carbonyl (C=O) groups excluding carboxylic acids is 1. The van der Waals surface area contributed by atoms with Gasteiger partial charge in [0, 0.05) is 5.57 Å². The lowest BCUT2D eigenvalue weighted by Gasteiger charge is -2.19. The molecule has 0 saturated heterocycles. The molecule has 2 N–H and O–H groups in total. The summed E-state index contributed by atoms with van der Waals surface area (Å²) >= 11 is 0. The average molecular weight is 254 g/mol. The Hall–Kier alpha value is -0.720. The van der Waals surface area contributed by atoms with Crippen LogP contribution in [0.25, 0.3) is 0 Å². The standard InChI is InChI=1S/C8H15O7P/c1-5(2)8(11)15-16(12,13-6(3)9)14-7(4)10/h6-7,9-10H,1H2,2-4H3. The van der Waals surface area contributed by atoms with Crippen molar-refractivity contribution < 1.29 is 33.1 Å². The largest absolute Gasteiger partial charge is 0.537 e. The molecule has 2 atom stereocenters. The Morgan fingerprint density at radius 1 is 1.25 bits per heavy atom. The van der Waals surface area contributed by atoms with Crippen molar-refractivity contribution in [3.05, 3.63) is 12.2 Å². The molecule has 0 rings (SSSR count). The van der Waals surface area contributed by atoms with E-state index in [0.29, 0.717) is 0 Å². The van der Waals surface area contributed by atoms with Crippen LogP contribution in [0, 0.1) is 0 Å². The number of aliphatic hydroxyl groups is 2. The van der Waals surface area contributed by atoms with Crippen molar-refractivity contribution in [1.29, 1.82) is 0 Å². The lowest BCUT2D eigenvalue weighted by Crippen LogP contribution is -2.15. The second kappa shape index (κ2) is 6.12. The predicted molar refractivity (Wildman–Crippen MR) is 54.0 cm³/mol. The molecule has 0 saturated carbocycles. The Morgan fingerprint density at radius 3 is 1.88 bits per heavy atom. The number of rotatable bonds is 6. The van der Waals surface area contributed by atoms with Crippen molar-refractivity contribution in [3.63, 3.8) is 0 Å². The van der Waals surface area contributed by atoms with Crippen LogP contribution in [0.2, 0.25) is 0 Å². The summed E-state index contributed by atoms with van der Waals surface area (Å²) in [5, 5.41) is 17.8. The van der Waals surface area contributed by atoms with Gasteiger partial charge in [0.25, 0.3) is 0 Å². The first-order chi connectivity index (χ1) is 7.16. The first kappa shape index (κ1) is 15.3. The normalized spacial score (nSPS) is 18.3. The van der Waals surface area contributed by atoms with Crippen LogP contribution in [0.4, 0.5) is 0 Å². The number of phosphoric ester groups is 1. The summed E-state index contributed by atoms with van der Waals surface area (Å²) in [7, 11) is -4.35. The maximum Gasteiger partial charge on any atom is 0.537 e. The van der Waals surface area contributed by atoms with Gasteiger partial charge >= 0.3 is 13.8 Å². The Labute approximate surface area is 93.2 Å². The topological polar surface area (TPSA) is 102 Å². The van der Waals surface area contributed by atoms with Gasteiger partial charge in [0.1, 0.15) is 0 Å². The quantitative estimate of drug-likeness (QED) is 0.412. The molecule has 8 heteroatoms. The zero-order chi connectivity index (χ0) is 12.9. The van der Waals surface area contributed by atoms with Gasteiger partial charge in [-0.05, 0) is 20.8 Å². The molecular formula is C8H15O7P. The number of carbonyl (C=O) groups is 1.